The van der Waals surface area contributed by atoms with Crippen LogP contribution in [0.5, 0.6) is 0 Å². The van der Waals surface area contributed by atoms with Gasteiger partial charge in [0.05, 0.1) is 12.6 Å². The van der Waals surface area contributed by atoms with Crippen LogP contribution in [-0.4, -0.2) is 35.2 Å². The number of hydrogen-bond donors (Lipinski definition) is 2. The molecule has 2 rings (SSSR count). The molecule has 1 aliphatic rings. The van der Waals surface area contributed by atoms with Gasteiger partial charge in [-0.1, -0.05) is 47.5 Å². The molecule has 1 aromatic carbocycles. The molecule has 0 radical (unpaired) electrons. The van der Waals surface area contributed by atoms with Gasteiger partial charge in [-0.3, -0.25) is 4.90 Å². The molecule has 1 aromatic rings. The third kappa shape index (κ3) is 3.42. The number of benzene rings is 1. The standard InChI is InChI=1S/C16H25BrN2O/c1-2-15(18)16(13-8-3-4-9-14(13)17)19(10-11-20)12-6-5-7-12/h3-4,8-9,12,15-16,20H,2,5-7,10-11,18H2,1H3. The van der Waals surface area contributed by atoms with Crippen LogP contribution in [-0.2, 0) is 0 Å². The van der Waals surface area contributed by atoms with Crippen molar-refractivity contribution < 1.29 is 5.11 Å². The van der Waals surface area contributed by atoms with E-state index in [0.717, 1.165) is 10.9 Å². The average molecular weight is 341 g/mol. The van der Waals surface area contributed by atoms with Crippen LogP contribution >= 0.6 is 15.9 Å². The lowest BCUT2D eigenvalue weighted by Crippen LogP contribution is -2.49. The number of aliphatic hydroxyl groups excluding tert-OH is 1. The quantitative estimate of drug-likeness (QED) is 0.801. The zero-order valence-corrected chi connectivity index (χ0v) is 13.7. The molecule has 3 N–H and O–H groups in total. The van der Waals surface area contributed by atoms with Crippen molar-refractivity contribution in [2.75, 3.05) is 13.2 Å². The normalized spacial score (nSPS) is 18.9. The van der Waals surface area contributed by atoms with E-state index >= 15 is 0 Å². The molecule has 20 heavy (non-hydrogen) atoms. The van der Waals surface area contributed by atoms with Gasteiger partial charge in [0.1, 0.15) is 0 Å². The Labute approximate surface area is 130 Å². The number of hydrogen-bond acceptors (Lipinski definition) is 3. The maximum absolute atomic E-state index is 9.43. The van der Waals surface area contributed by atoms with Crippen molar-refractivity contribution in [2.45, 2.75) is 50.7 Å². The number of halogens is 1. The van der Waals surface area contributed by atoms with Crippen LogP contribution in [0.15, 0.2) is 28.7 Å². The third-order valence-corrected chi connectivity index (χ3v) is 5.08. The van der Waals surface area contributed by atoms with Gasteiger partial charge in [0.15, 0.2) is 0 Å². The van der Waals surface area contributed by atoms with Crippen molar-refractivity contribution in [2.24, 2.45) is 5.73 Å². The van der Waals surface area contributed by atoms with Crippen LogP contribution in [0.4, 0.5) is 0 Å². The molecule has 4 heteroatoms. The lowest BCUT2D eigenvalue weighted by Gasteiger charge is -2.44. The first-order chi connectivity index (χ1) is 9.69. The summed E-state index contributed by atoms with van der Waals surface area (Å²) in [5.41, 5.74) is 7.66. The molecule has 1 saturated carbocycles. The van der Waals surface area contributed by atoms with E-state index in [-0.39, 0.29) is 18.7 Å². The molecule has 2 atom stereocenters. The number of nitrogens with two attached hydrogens (primary N) is 1. The molecule has 0 heterocycles. The summed E-state index contributed by atoms with van der Waals surface area (Å²) < 4.78 is 1.11. The number of aliphatic hydroxyl groups is 1. The second-order valence-electron chi connectivity index (χ2n) is 5.58. The van der Waals surface area contributed by atoms with Gasteiger partial charge in [-0.05, 0) is 30.9 Å². The summed E-state index contributed by atoms with van der Waals surface area (Å²) >= 11 is 3.66. The largest absolute Gasteiger partial charge is 0.395 e. The van der Waals surface area contributed by atoms with Gasteiger partial charge in [0, 0.05) is 23.1 Å². The summed E-state index contributed by atoms with van der Waals surface area (Å²) in [6.07, 6.45) is 4.66. The molecule has 0 spiro atoms. The molecule has 1 fully saturated rings. The van der Waals surface area contributed by atoms with Crippen LogP contribution in [0.2, 0.25) is 0 Å². The van der Waals surface area contributed by atoms with E-state index in [9.17, 15) is 5.11 Å². The highest BCUT2D eigenvalue weighted by Gasteiger charge is 2.34. The molecule has 0 saturated heterocycles. The zero-order valence-electron chi connectivity index (χ0n) is 12.1. The van der Waals surface area contributed by atoms with Crippen molar-refractivity contribution >= 4 is 15.9 Å². The minimum atomic E-state index is 0.0841. The Morgan fingerprint density at radius 2 is 2.10 bits per heavy atom. The maximum atomic E-state index is 9.43. The molecule has 112 valence electrons. The van der Waals surface area contributed by atoms with Gasteiger partial charge in [0.2, 0.25) is 0 Å². The number of rotatable bonds is 7. The molecule has 2 unspecified atom stereocenters. The second kappa shape index (κ2) is 7.55. The molecular formula is C16H25BrN2O. The average Bonchev–Trinajstić information content (AvgIpc) is 2.39. The van der Waals surface area contributed by atoms with Crippen molar-refractivity contribution in [3.8, 4) is 0 Å². The van der Waals surface area contributed by atoms with Gasteiger partial charge in [-0.25, -0.2) is 0 Å². The maximum Gasteiger partial charge on any atom is 0.0558 e. The van der Waals surface area contributed by atoms with E-state index in [4.69, 9.17) is 5.73 Å². The summed E-state index contributed by atoms with van der Waals surface area (Å²) in [7, 11) is 0. The summed E-state index contributed by atoms with van der Waals surface area (Å²) in [5, 5.41) is 9.43. The van der Waals surface area contributed by atoms with Gasteiger partial charge in [-0.2, -0.15) is 0 Å². The van der Waals surface area contributed by atoms with Gasteiger partial charge < -0.3 is 10.8 Å². The highest BCUT2D eigenvalue weighted by atomic mass is 79.9. The second-order valence-corrected chi connectivity index (χ2v) is 6.44. The Morgan fingerprint density at radius 1 is 1.40 bits per heavy atom. The Bertz CT molecular complexity index is 423. The predicted molar refractivity (Wildman–Crippen MR) is 86.6 cm³/mol. The molecule has 0 bridgehead atoms. The number of nitrogens with zero attached hydrogens (tertiary/aromatic N) is 1. The fourth-order valence-electron chi connectivity index (χ4n) is 2.98. The lowest BCUT2D eigenvalue weighted by atomic mass is 9.87. The molecule has 0 amide bonds. The van der Waals surface area contributed by atoms with Crippen LogP contribution in [0.3, 0.4) is 0 Å². The summed E-state index contributed by atoms with van der Waals surface area (Å²) in [6, 6.07) is 9.14. The SMILES string of the molecule is CCC(N)C(c1ccccc1Br)N(CCO)C1CCC1. The van der Waals surface area contributed by atoms with E-state index in [1.165, 1.54) is 24.8 Å². The van der Waals surface area contributed by atoms with E-state index < -0.39 is 0 Å². The molecule has 1 aliphatic carbocycles. The Balaban J connectivity index is 2.32. The Hall–Kier alpha value is -0.420. The Kier molecular flexibility index (Phi) is 6.02. The van der Waals surface area contributed by atoms with Crippen LogP contribution in [0.25, 0.3) is 0 Å². The van der Waals surface area contributed by atoms with Gasteiger partial charge in [0.25, 0.3) is 0 Å². The van der Waals surface area contributed by atoms with Crippen molar-refractivity contribution in [3.05, 3.63) is 34.3 Å². The fraction of sp³-hybridized carbons (Fsp3) is 0.625. The molecule has 3 nitrogen and oxygen atoms in total. The highest BCUT2D eigenvalue weighted by molar-refractivity contribution is 9.10. The first kappa shape index (κ1) is 16.0. The zero-order chi connectivity index (χ0) is 14.5. The Morgan fingerprint density at radius 3 is 2.60 bits per heavy atom. The predicted octanol–water partition coefficient (Wildman–Crippen LogP) is 3.07. The summed E-state index contributed by atoms with van der Waals surface area (Å²) in [5.74, 6) is 0. The molecule has 0 aliphatic heterocycles. The van der Waals surface area contributed by atoms with Gasteiger partial charge >= 0.3 is 0 Å². The third-order valence-electron chi connectivity index (χ3n) is 4.36. The smallest absolute Gasteiger partial charge is 0.0558 e. The summed E-state index contributed by atoms with van der Waals surface area (Å²) in [4.78, 5) is 2.41. The first-order valence-corrected chi connectivity index (χ1v) is 8.35. The molecular weight excluding hydrogens is 316 g/mol. The van der Waals surface area contributed by atoms with Crippen molar-refractivity contribution in [1.29, 1.82) is 0 Å². The lowest BCUT2D eigenvalue weighted by molar-refractivity contribution is 0.0470. The minimum absolute atomic E-state index is 0.0841. The first-order valence-electron chi connectivity index (χ1n) is 7.55. The summed E-state index contributed by atoms with van der Waals surface area (Å²) in [6.45, 7) is 3.02. The van der Waals surface area contributed by atoms with E-state index in [1.54, 1.807) is 0 Å². The molecule has 0 aromatic heterocycles. The monoisotopic (exact) mass is 340 g/mol. The fourth-order valence-corrected chi connectivity index (χ4v) is 3.50. The topological polar surface area (TPSA) is 49.5 Å². The van der Waals surface area contributed by atoms with Crippen LogP contribution in [0.1, 0.15) is 44.2 Å². The van der Waals surface area contributed by atoms with Crippen molar-refractivity contribution in [3.63, 3.8) is 0 Å². The van der Waals surface area contributed by atoms with Crippen LogP contribution in [0, 0.1) is 0 Å². The highest BCUT2D eigenvalue weighted by Crippen LogP contribution is 2.36. The minimum Gasteiger partial charge on any atom is -0.395 e. The van der Waals surface area contributed by atoms with Crippen LogP contribution < -0.4 is 5.73 Å². The van der Waals surface area contributed by atoms with E-state index in [2.05, 4.69) is 46.0 Å². The van der Waals surface area contributed by atoms with Gasteiger partial charge in [-0.15, -0.1) is 0 Å². The van der Waals surface area contributed by atoms with E-state index in [1.807, 2.05) is 6.07 Å². The van der Waals surface area contributed by atoms with E-state index in [0.29, 0.717) is 12.6 Å². The van der Waals surface area contributed by atoms with Crippen molar-refractivity contribution in [1.82, 2.24) is 4.90 Å².